The number of amides is 2. The Bertz CT molecular complexity index is 827. The zero-order chi connectivity index (χ0) is 20.0. The molecule has 0 atom stereocenters. The number of hydrogen-bond acceptors (Lipinski definition) is 4. The Morgan fingerprint density at radius 2 is 1.71 bits per heavy atom. The minimum absolute atomic E-state index is 0.261. The topological polar surface area (TPSA) is 76.7 Å². The predicted octanol–water partition coefficient (Wildman–Crippen LogP) is 2.81. The van der Waals surface area contributed by atoms with E-state index >= 15 is 0 Å². The van der Waals surface area contributed by atoms with Crippen molar-refractivity contribution in [3.8, 4) is 5.75 Å². The molecule has 1 aliphatic rings. The molecule has 0 unspecified atom stereocenters. The van der Waals surface area contributed by atoms with Crippen molar-refractivity contribution >= 4 is 17.5 Å². The van der Waals surface area contributed by atoms with E-state index in [2.05, 4.69) is 10.6 Å². The van der Waals surface area contributed by atoms with E-state index in [0.717, 1.165) is 29.7 Å². The molecule has 0 spiro atoms. The molecule has 2 aromatic rings. The number of carbonyl (C=O) groups is 2. The number of anilines is 1. The maximum atomic E-state index is 12.4. The standard InChI is InChI=1S/C22H26N2O4/c1-16-5-3-4-6-19(16)24-21(26)20(25)23-15-22(11-13-28-14-12-22)17-7-9-18(27-2)10-8-17/h3-10H,11-15H2,1-2H3,(H,23,25)(H,24,26). The molecule has 0 radical (unpaired) electrons. The van der Waals surface area contributed by atoms with Crippen molar-refractivity contribution in [2.45, 2.75) is 25.2 Å². The Morgan fingerprint density at radius 3 is 2.36 bits per heavy atom. The van der Waals surface area contributed by atoms with Crippen molar-refractivity contribution in [1.82, 2.24) is 5.32 Å². The van der Waals surface area contributed by atoms with Crippen molar-refractivity contribution in [2.24, 2.45) is 0 Å². The highest BCUT2D eigenvalue weighted by atomic mass is 16.5. The second kappa shape index (κ2) is 8.89. The molecule has 6 heteroatoms. The van der Waals surface area contributed by atoms with E-state index in [-0.39, 0.29) is 5.41 Å². The molecule has 28 heavy (non-hydrogen) atoms. The number of carbonyl (C=O) groups excluding carboxylic acids is 2. The van der Waals surface area contributed by atoms with E-state index in [4.69, 9.17) is 9.47 Å². The van der Waals surface area contributed by atoms with Gasteiger partial charge in [0.1, 0.15) is 5.75 Å². The number of ether oxygens (including phenoxy) is 2. The van der Waals surface area contributed by atoms with Gasteiger partial charge in [0, 0.05) is 30.9 Å². The second-order valence-electron chi connectivity index (χ2n) is 7.07. The average molecular weight is 382 g/mol. The molecule has 0 bridgehead atoms. The number of methoxy groups -OCH3 is 1. The monoisotopic (exact) mass is 382 g/mol. The fourth-order valence-electron chi connectivity index (χ4n) is 3.50. The maximum absolute atomic E-state index is 12.4. The molecule has 1 heterocycles. The molecule has 1 aliphatic heterocycles. The number of nitrogens with one attached hydrogen (secondary N) is 2. The fourth-order valence-corrected chi connectivity index (χ4v) is 3.50. The van der Waals surface area contributed by atoms with Crippen LogP contribution in [0.15, 0.2) is 48.5 Å². The predicted molar refractivity (Wildman–Crippen MR) is 108 cm³/mol. The van der Waals surface area contributed by atoms with Crippen molar-refractivity contribution in [3.63, 3.8) is 0 Å². The number of benzene rings is 2. The van der Waals surface area contributed by atoms with Crippen LogP contribution in [0.1, 0.15) is 24.0 Å². The van der Waals surface area contributed by atoms with Gasteiger partial charge in [0.2, 0.25) is 0 Å². The van der Waals surface area contributed by atoms with Gasteiger partial charge in [-0.3, -0.25) is 9.59 Å². The average Bonchev–Trinajstić information content (AvgIpc) is 2.74. The van der Waals surface area contributed by atoms with Gasteiger partial charge in [0.15, 0.2) is 0 Å². The zero-order valence-corrected chi connectivity index (χ0v) is 16.3. The van der Waals surface area contributed by atoms with E-state index in [1.165, 1.54) is 0 Å². The van der Waals surface area contributed by atoms with E-state index in [9.17, 15) is 9.59 Å². The van der Waals surface area contributed by atoms with Crippen LogP contribution in [0.3, 0.4) is 0 Å². The first-order valence-corrected chi connectivity index (χ1v) is 9.41. The van der Waals surface area contributed by atoms with Gasteiger partial charge in [-0.15, -0.1) is 0 Å². The normalized spacial score (nSPS) is 15.5. The summed E-state index contributed by atoms with van der Waals surface area (Å²) in [5, 5.41) is 5.49. The molecular weight excluding hydrogens is 356 g/mol. The zero-order valence-electron chi connectivity index (χ0n) is 16.3. The summed E-state index contributed by atoms with van der Waals surface area (Å²) in [4.78, 5) is 24.7. The number of rotatable bonds is 5. The van der Waals surface area contributed by atoms with Crippen LogP contribution in [0, 0.1) is 6.92 Å². The molecule has 3 rings (SSSR count). The van der Waals surface area contributed by atoms with Crippen LogP contribution in [0.5, 0.6) is 5.75 Å². The van der Waals surface area contributed by atoms with E-state index in [0.29, 0.717) is 25.4 Å². The van der Waals surface area contributed by atoms with Crippen LogP contribution in [0.25, 0.3) is 0 Å². The maximum Gasteiger partial charge on any atom is 0.313 e. The molecule has 2 N–H and O–H groups in total. The van der Waals surface area contributed by atoms with Crippen molar-refractivity contribution in [3.05, 3.63) is 59.7 Å². The smallest absolute Gasteiger partial charge is 0.313 e. The molecule has 0 aliphatic carbocycles. The Kier molecular flexibility index (Phi) is 6.31. The van der Waals surface area contributed by atoms with Gasteiger partial charge in [0.05, 0.1) is 7.11 Å². The molecule has 1 fully saturated rings. The summed E-state index contributed by atoms with van der Waals surface area (Å²) in [6.07, 6.45) is 1.55. The lowest BCUT2D eigenvalue weighted by atomic mass is 9.74. The van der Waals surface area contributed by atoms with Crippen molar-refractivity contribution in [1.29, 1.82) is 0 Å². The summed E-state index contributed by atoms with van der Waals surface area (Å²) in [5.41, 5.74) is 2.39. The van der Waals surface area contributed by atoms with Crippen LogP contribution >= 0.6 is 0 Å². The first-order valence-electron chi connectivity index (χ1n) is 9.41. The van der Waals surface area contributed by atoms with Gasteiger partial charge >= 0.3 is 11.8 Å². The number of para-hydroxylation sites is 1. The van der Waals surface area contributed by atoms with Crippen molar-refractivity contribution in [2.75, 3.05) is 32.2 Å². The van der Waals surface area contributed by atoms with Crippen LogP contribution in [0.2, 0.25) is 0 Å². The van der Waals surface area contributed by atoms with Gasteiger partial charge in [-0.05, 0) is 49.1 Å². The third-order valence-corrected chi connectivity index (χ3v) is 5.34. The van der Waals surface area contributed by atoms with Crippen LogP contribution < -0.4 is 15.4 Å². The Morgan fingerprint density at radius 1 is 1.04 bits per heavy atom. The lowest BCUT2D eigenvalue weighted by Crippen LogP contribution is -2.47. The van der Waals surface area contributed by atoms with Crippen LogP contribution in [0.4, 0.5) is 5.69 Å². The third kappa shape index (κ3) is 4.51. The Balaban J connectivity index is 1.68. The quantitative estimate of drug-likeness (QED) is 0.780. The molecule has 6 nitrogen and oxygen atoms in total. The van der Waals surface area contributed by atoms with Gasteiger partial charge < -0.3 is 20.1 Å². The largest absolute Gasteiger partial charge is 0.497 e. The number of hydrogen-bond donors (Lipinski definition) is 2. The Hall–Kier alpha value is -2.86. The summed E-state index contributed by atoms with van der Waals surface area (Å²) < 4.78 is 10.8. The van der Waals surface area contributed by atoms with Crippen molar-refractivity contribution < 1.29 is 19.1 Å². The van der Waals surface area contributed by atoms with E-state index in [1.54, 1.807) is 13.2 Å². The first kappa shape index (κ1) is 19.9. The highest BCUT2D eigenvalue weighted by Gasteiger charge is 2.35. The highest BCUT2D eigenvalue weighted by molar-refractivity contribution is 6.39. The summed E-state index contributed by atoms with van der Waals surface area (Å²) in [5.74, 6) is -0.513. The number of aryl methyl sites for hydroxylation is 1. The SMILES string of the molecule is COc1ccc(C2(CNC(=O)C(=O)Nc3ccccc3C)CCOCC2)cc1. The highest BCUT2D eigenvalue weighted by Crippen LogP contribution is 2.35. The molecule has 0 saturated carbocycles. The molecule has 1 saturated heterocycles. The van der Waals surface area contributed by atoms with Gasteiger partial charge in [-0.25, -0.2) is 0 Å². The summed E-state index contributed by atoms with van der Waals surface area (Å²) >= 11 is 0. The van der Waals surface area contributed by atoms with Gasteiger partial charge in [-0.1, -0.05) is 30.3 Å². The second-order valence-corrected chi connectivity index (χ2v) is 7.07. The fraction of sp³-hybridized carbons (Fsp3) is 0.364. The molecule has 148 valence electrons. The van der Waals surface area contributed by atoms with Gasteiger partial charge in [0.25, 0.3) is 0 Å². The summed E-state index contributed by atoms with van der Waals surface area (Å²) in [6, 6.07) is 15.2. The minimum atomic E-state index is -0.661. The molecule has 0 aromatic heterocycles. The summed E-state index contributed by atoms with van der Waals surface area (Å²) in [6.45, 7) is 3.51. The Labute approximate surface area is 165 Å². The first-order chi connectivity index (χ1) is 13.5. The van der Waals surface area contributed by atoms with Crippen LogP contribution in [-0.2, 0) is 19.7 Å². The lowest BCUT2D eigenvalue weighted by molar-refractivity contribution is -0.136. The van der Waals surface area contributed by atoms with E-state index < -0.39 is 11.8 Å². The van der Waals surface area contributed by atoms with Crippen LogP contribution in [-0.4, -0.2) is 38.7 Å². The third-order valence-electron chi connectivity index (χ3n) is 5.34. The van der Waals surface area contributed by atoms with Gasteiger partial charge in [-0.2, -0.15) is 0 Å². The van der Waals surface area contributed by atoms with E-state index in [1.807, 2.05) is 49.4 Å². The lowest BCUT2D eigenvalue weighted by Gasteiger charge is -2.38. The summed E-state index contributed by atoms with van der Waals surface area (Å²) in [7, 11) is 1.63. The minimum Gasteiger partial charge on any atom is -0.497 e. The molecular formula is C22H26N2O4. The molecule has 2 amide bonds. The molecule has 2 aromatic carbocycles.